The maximum absolute atomic E-state index is 12.9. The number of allylic oxidation sites excluding steroid dienone is 1. The van der Waals surface area contributed by atoms with Crippen LogP contribution < -0.4 is 4.74 Å². The fourth-order valence-electron chi connectivity index (χ4n) is 4.29. The molecule has 7 nitrogen and oxygen atoms in total. The van der Waals surface area contributed by atoms with Crippen LogP contribution in [0.1, 0.15) is 24.0 Å². The van der Waals surface area contributed by atoms with Gasteiger partial charge < -0.3 is 24.8 Å². The summed E-state index contributed by atoms with van der Waals surface area (Å²) in [6, 6.07) is 9.02. The fourth-order valence-corrected chi connectivity index (χ4v) is 4.29. The molecule has 1 spiro atoms. The highest BCUT2D eigenvalue weighted by Crippen LogP contribution is 2.58. The number of phenolic OH excluding ortho intramolecular Hbond substituents is 2. The number of ether oxygens (including phenoxy) is 2. The molecule has 0 bridgehead atoms. The molecule has 7 heteroatoms. The third kappa shape index (κ3) is 2.37. The van der Waals surface area contributed by atoms with Gasteiger partial charge in [-0.25, -0.2) is 4.79 Å². The summed E-state index contributed by atoms with van der Waals surface area (Å²) in [6.07, 6.45) is 3.83. The van der Waals surface area contributed by atoms with Gasteiger partial charge in [-0.1, -0.05) is 12.2 Å². The van der Waals surface area contributed by atoms with Gasteiger partial charge in [-0.3, -0.25) is 4.79 Å². The van der Waals surface area contributed by atoms with Crippen molar-refractivity contribution in [3.05, 3.63) is 70.8 Å². The summed E-state index contributed by atoms with van der Waals surface area (Å²) in [5, 5.41) is 29.3. The van der Waals surface area contributed by atoms with E-state index in [1.807, 2.05) is 0 Å². The van der Waals surface area contributed by atoms with Gasteiger partial charge in [-0.15, -0.1) is 0 Å². The average molecular weight is 392 g/mol. The van der Waals surface area contributed by atoms with Crippen LogP contribution in [0.4, 0.5) is 0 Å². The zero-order chi connectivity index (χ0) is 20.3. The number of carbonyl (C=O) groups is 2. The maximum Gasteiger partial charge on any atom is 0.336 e. The van der Waals surface area contributed by atoms with E-state index in [-0.39, 0.29) is 29.4 Å². The number of hydrogen-bond donors (Lipinski definition) is 3. The number of fused-ring (bicyclic) bond motifs is 5. The lowest BCUT2D eigenvalue weighted by molar-refractivity contribution is -0.145. The Morgan fingerprint density at radius 3 is 2.24 bits per heavy atom. The second kappa shape index (κ2) is 5.88. The Hall–Kier alpha value is -3.74. The van der Waals surface area contributed by atoms with E-state index in [1.165, 1.54) is 24.3 Å². The van der Waals surface area contributed by atoms with E-state index in [0.717, 1.165) is 0 Å². The summed E-state index contributed by atoms with van der Waals surface area (Å²) in [4.78, 5) is 24.5. The SMILES string of the molecule is O=C1OC2(C3=C1C[C@H](C(=O)O)CC=C3)c1ccc(O)cc1Oc1cc(O)ccc12. The van der Waals surface area contributed by atoms with Gasteiger partial charge in [0.1, 0.15) is 23.0 Å². The van der Waals surface area contributed by atoms with E-state index >= 15 is 0 Å². The number of carbonyl (C=O) groups excluding carboxylic acids is 1. The van der Waals surface area contributed by atoms with Gasteiger partial charge in [-0.2, -0.15) is 0 Å². The van der Waals surface area contributed by atoms with Crippen LogP contribution in [-0.2, 0) is 19.9 Å². The molecule has 1 aliphatic carbocycles. The van der Waals surface area contributed by atoms with Crippen molar-refractivity contribution in [2.24, 2.45) is 5.92 Å². The van der Waals surface area contributed by atoms with Gasteiger partial charge in [-0.05, 0) is 37.1 Å². The minimum atomic E-state index is -1.35. The van der Waals surface area contributed by atoms with Gasteiger partial charge in [0.2, 0.25) is 0 Å². The van der Waals surface area contributed by atoms with E-state index in [1.54, 1.807) is 24.3 Å². The van der Waals surface area contributed by atoms with Gasteiger partial charge in [0.25, 0.3) is 0 Å². The molecule has 1 atom stereocenters. The highest BCUT2D eigenvalue weighted by molar-refractivity contribution is 5.96. The van der Waals surface area contributed by atoms with Crippen molar-refractivity contribution in [3.8, 4) is 23.0 Å². The van der Waals surface area contributed by atoms with Crippen LogP contribution in [0.25, 0.3) is 0 Å². The molecule has 146 valence electrons. The summed E-state index contributed by atoms with van der Waals surface area (Å²) in [5.74, 6) is -1.75. The third-order valence-electron chi connectivity index (χ3n) is 5.61. The van der Waals surface area contributed by atoms with Gasteiger partial charge in [0, 0.05) is 34.4 Å². The van der Waals surface area contributed by atoms with E-state index < -0.39 is 23.5 Å². The van der Waals surface area contributed by atoms with Crippen molar-refractivity contribution in [1.82, 2.24) is 0 Å². The smallest absolute Gasteiger partial charge is 0.336 e. The van der Waals surface area contributed by atoms with E-state index in [4.69, 9.17) is 9.47 Å². The molecule has 2 aromatic carbocycles. The fraction of sp³-hybridized carbons (Fsp3) is 0.182. The van der Waals surface area contributed by atoms with Crippen LogP contribution in [0.2, 0.25) is 0 Å². The van der Waals surface area contributed by atoms with Crippen LogP contribution in [0, 0.1) is 5.92 Å². The van der Waals surface area contributed by atoms with Crippen LogP contribution in [0.3, 0.4) is 0 Å². The first kappa shape index (κ1) is 17.4. The van der Waals surface area contributed by atoms with Crippen molar-refractivity contribution in [1.29, 1.82) is 0 Å². The normalized spacial score (nSPS) is 21.0. The van der Waals surface area contributed by atoms with Crippen LogP contribution in [0.15, 0.2) is 59.7 Å². The van der Waals surface area contributed by atoms with E-state index in [2.05, 4.69) is 0 Å². The molecule has 0 saturated carbocycles. The summed E-state index contributed by atoms with van der Waals surface area (Å²) >= 11 is 0. The molecule has 5 rings (SSSR count). The molecule has 2 heterocycles. The molecule has 2 aromatic rings. The second-order valence-corrected chi connectivity index (χ2v) is 7.30. The van der Waals surface area contributed by atoms with Crippen molar-refractivity contribution in [2.45, 2.75) is 18.4 Å². The Labute approximate surface area is 165 Å². The zero-order valence-corrected chi connectivity index (χ0v) is 15.1. The average Bonchev–Trinajstić information content (AvgIpc) is 2.83. The van der Waals surface area contributed by atoms with Crippen molar-refractivity contribution in [3.63, 3.8) is 0 Å². The standard InChI is InChI=1S/C22H16O7/c23-12-4-6-16-18(9-12)28-19-10-13(24)5-7-17(19)22(16)15-3-1-2-11(20(25)26)8-14(15)21(27)29-22/h1,3-7,9-11,23-24H,2,8H2,(H,25,26)/t11-/m1/s1. The third-order valence-corrected chi connectivity index (χ3v) is 5.61. The largest absolute Gasteiger partial charge is 0.508 e. The number of benzene rings is 2. The van der Waals surface area contributed by atoms with E-state index in [0.29, 0.717) is 28.7 Å². The number of rotatable bonds is 1. The monoisotopic (exact) mass is 392 g/mol. The maximum atomic E-state index is 12.9. The lowest BCUT2D eigenvalue weighted by atomic mass is 9.76. The number of hydrogen-bond acceptors (Lipinski definition) is 6. The number of esters is 1. The Bertz CT molecular complexity index is 1090. The molecule has 0 unspecified atom stereocenters. The van der Waals surface area contributed by atoms with Gasteiger partial charge in [0.05, 0.1) is 5.92 Å². The molecule has 0 saturated heterocycles. The highest BCUT2D eigenvalue weighted by atomic mass is 16.6. The number of aliphatic carboxylic acids is 1. The van der Waals surface area contributed by atoms with Gasteiger partial charge >= 0.3 is 11.9 Å². The summed E-state index contributed by atoms with van der Waals surface area (Å²) in [5.41, 5.74) is 0.552. The minimum absolute atomic E-state index is 0.0246. The molecule has 3 N–H and O–H groups in total. The second-order valence-electron chi connectivity index (χ2n) is 7.30. The minimum Gasteiger partial charge on any atom is -0.508 e. The number of aromatic hydroxyl groups is 2. The first-order valence-electron chi connectivity index (χ1n) is 9.11. The summed E-state index contributed by atoms with van der Waals surface area (Å²) in [6.45, 7) is 0. The topological polar surface area (TPSA) is 113 Å². The molecule has 0 aromatic heterocycles. The molecule has 3 aliphatic rings. The number of phenols is 2. The van der Waals surface area contributed by atoms with Crippen LogP contribution in [-0.4, -0.2) is 27.3 Å². The summed E-state index contributed by atoms with van der Waals surface area (Å²) < 4.78 is 11.8. The van der Waals surface area contributed by atoms with Gasteiger partial charge in [0.15, 0.2) is 5.60 Å². The zero-order valence-electron chi connectivity index (χ0n) is 15.1. The number of carboxylic acids is 1. The molecular weight excluding hydrogens is 376 g/mol. The first-order valence-corrected chi connectivity index (χ1v) is 9.11. The Morgan fingerprint density at radius 2 is 1.66 bits per heavy atom. The van der Waals surface area contributed by atoms with Crippen molar-refractivity contribution in [2.75, 3.05) is 0 Å². The predicted octanol–water partition coefficient (Wildman–Crippen LogP) is 3.35. The summed E-state index contributed by atoms with van der Waals surface area (Å²) in [7, 11) is 0. The molecule has 2 aliphatic heterocycles. The lowest BCUT2D eigenvalue weighted by Crippen LogP contribution is -2.33. The van der Waals surface area contributed by atoms with Crippen LogP contribution >= 0.6 is 0 Å². The van der Waals surface area contributed by atoms with Crippen LogP contribution in [0.5, 0.6) is 23.0 Å². The first-order chi connectivity index (χ1) is 13.9. The van der Waals surface area contributed by atoms with Crippen molar-refractivity contribution >= 4 is 11.9 Å². The molecule has 0 radical (unpaired) electrons. The Balaban J connectivity index is 1.81. The number of carboxylic acid groups (broad SMARTS) is 1. The van der Waals surface area contributed by atoms with Crippen molar-refractivity contribution < 1.29 is 34.4 Å². The highest BCUT2D eigenvalue weighted by Gasteiger charge is 2.54. The quantitative estimate of drug-likeness (QED) is 0.638. The molecular formula is C22H16O7. The molecule has 29 heavy (non-hydrogen) atoms. The molecule has 0 fully saturated rings. The Kier molecular flexibility index (Phi) is 3.52. The lowest BCUT2D eigenvalue weighted by Gasteiger charge is -2.37. The van der Waals surface area contributed by atoms with E-state index in [9.17, 15) is 24.9 Å². The molecule has 0 amide bonds. The Morgan fingerprint density at radius 1 is 1.03 bits per heavy atom. The predicted molar refractivity (Wildman–Crippen MR) is 99.7 cm³/mol.